The van der Waals surface area contributed by atoms with Gasteiger partial charge in [0.05, 0.1) is 23.5 Å². The summed E-state index contributed by atoms with van der Waals surface area (Å²) in [6.07, 6.45) is 5.52. The Morgan fingerprint density at radius 1 is 1.23 bits per heavy atom. The lowest BCUT2D eigenvalue weighted by Crippen LogP contribution is -2.22. The first-order valence-corrected chi connectivity index (χ1v) is 15.1. The second-order valence-corrected chi connectivity index (χ2v) is 14.8. The normalized spacial score (nSPS) is 15.0. The quantitative estimate of drug-likeness (QED) is 0.235. The van der Waals surface area contributed by atoms with Gasteiger partial charge in [-0.3, -0.25) is 5.32 Å². The average Bonchev–Trinajstić information content (AvgIpc) is 2.79. The molecule has 2 aromatic rings. The molecule has 1 aromatic carbocycles. The van der Waals surface area contributed by atoms with Crippen molar-refractivity contribution in [3.63, 3.8) is 0 Å². The third kappa shape index (κ3) is 8.43. The van der Waals surface area contributed by atoms with E-state index in [1.807, 2.05) is 18.2 Å². The molecule has 3 rings (SSSR count). The van der Waals surface area contributed by atoms with Gasteiger partial charge in [-0.15, -0.1) is 0 Å². The molecule has 0 spiro atoms. The van der Waals surface area contributed by atoms with Gasteiger partial charge in [0.25, 0.3) is 5.88 Å². The van der Waals surface area contributed by atoms with Gasteiger partial charge >= 0.3 is 6.03 Å². The Bertz CT molecular complexity index is 1120. The number of hydrogen-bond acceptors (Lipinski definition) is 8. The van der Waals surface area contributed by atoms with Crippen molar-refractivity contribution in [2.45, 2.75) is 32.1 Å². The van der Waals surface area contributed by atoms with Crippen LogP contribution >= 0.6 is 11.6 Å². The van der Waals surface area contributed by atoms with E-state index < -0.39 is 14.1 Å². The summed E-state index contributed by atoms with van der Waals surface area (Å²) in [6.45, 7) is 8.01. The maximum Gasteiger partial charge on any atom is 0.325 e. The van der Waals surface area contributed by atoms with Crippen LogP contribution < -0.4 is 24.8 Å². The predicted octanol–water partition coefficient (Wildman–Crippen LogP) is 5.05. The van der Waals surface area contributed by atoms with Crippen molar-refractivity contribution in [1.29, 1.82) is 5.26 Å². The first-order chi connectivity index (χ1) is 16.7. The van der Waals surface area contributed by atoms with Gasteiger partial charge in [0.2, 0.25) is 5.69 Å². The lowest BCUT2D eigenvalue weighted by Gasteiger charge is -2.17. The zero-order chi connectivity index (χ0) is 25.3. The van der Waals surface area contributed by atoms with Crippen LogP contribution in [-0.4, -0.2) is 50.7 Å². The second kappa shape index (κ2) is 12.4. The van der Waals surface area contributed by atoms with Gasteiger partial charge in [0.1, 0.15) is 24.2 Å². The molecule has 1 aliphatic rings. The number of aromatic nitrogens is 2. The van der Waals surface area contributed by atoms with Crippen molar-refractivity contribution >= 4 is 37.2 Å². The number of rotatable bonds is 6. The number of hydrogen-bond donors (Lipinski definition) is 2. The predicted molar refractivity (Wildman–Crippen MR) is 135 cm³/mol. The highest BCUT2D eigenvalue weighted by atomic mass is 35.5. The van der Waals surface area contributed by atoms with Crippen LogP contribution in [0, 0.1) is 11.3 Å². The lowest BCUT2D eigenvalue weighted by atomic mass is 10.2. The summed E-state index contributed by atoms with van der Waals surface area (Å²) in [5.41, 5.74) is 0.363. The van der Waals surface area contributed by atoms with Crippen LogP contribution in [0.3, 0.4) is 0 Å². The van der Waals surface area contributed by atoms with E-state index in [-0.39, 0.29) is 42.4 Å². The number of nitrogens with one attached hydrogen (secondary N) is 2. The third-order valence-corrected chi connectivity index (χ3v) is 6.69. The summed E-state index contributed by atoms with van der Waals surface area (Å²) in [4.78, 5) is 20.8. The van der Waals surface area contributed by atoms with E-state index in [1.165, 1.54) is 12.3 Å². The minimum Gasteiger partial charge on any atom is -0.487 e. The number of nitriles is 1. The van der Waals surface area contributed by atoms with Crippen molar-refractivity contribution in [3.8, 4) is 23.4 Å². The van der Waals surface area contributed by atoms with Crippen LogP contribution in [-0.2, 0) is 4.74 Å². The molecule has 2 N–H and O–H groups in total. The minimum atomic E-state index is -1.19. The number of ether oxygens (including phenoxy) is 4. The van der Waals surface area contributed by atoms with Gasteiger partial charge in [-0.05, 0) is 18.5 Å². The Morgan fingerprint density at radius 3 is 2.83 bits per heavy atom. The zero-order valence-electron chi connectivity index (χ0n) is 19.9. The average molecular weight is 518 g/mol. The van der Waals surface area contributed by atoms with Crippen LogP contribution in [0.15, 0.2) is 30.5 Å². The molecule has 0 saturated heterocycles. The minimum absolute atomic E-state index is 0.0294. The molecule has 186 valence electrons. The molecule has 0 atom stereocenters. The fourth-order valence-corrected chi connectivity index (χ4v) is 3.81. The summed E-state index contributed by atoms with van der Waals surface area (Å²) in [7, 11) is -1.19. The van der Waals surface area contributed by atoms with Gasteiger partial charge in [-0.1, -0.05) is 43.4 Å². The smallest absolute Gasteiger partial charge is 0.325 e. The van der Waals surface area contributed by atoms with Gasteiger partial charge in [0.15, 0.2) is 12.6 Å². The van der Waals surface area contributed by atoms with E-state index in [1.54, 1.807) is 6.07 Å². The van der Waals surface area contributed by atoms with Crippen LogP contribution in [0.4, 0.5) is 16.3 Å². The molecule has 0 fully saturated rings. The molecule has 0 saturated carbocycles. The van der Waals surface area contributed by atoms with Gasteiger partial charge < -0.3 is 24.3 Å². The number of anilines is 2. The molecule has 10 nitrogen and oxygen atoms in total. The fourth-order valence-electron chi connectivity index (χ4n) is 2.83. The highest BCUT2D eigenvalue weighted by Crippen LogP contribution is 2.36. The van der Waals surface area contributed by atoms with E-state index >= 15 is 0 Å². The Balaban J connectivity index is 1.76. The van der Waals surface area contributed by atoms with E-state index in [0.717, 1.165) is 6.04 Å². The first kappa shape index (κ1) is 26.3. The van der Waals surface area contributed by atoms with Crippen molar-refractivity contribution < 1.29 is 23.7 Å². The third-order valence-electron chi connectivity index (χ3n) is 4.69. The molecule has 35 heavy (non-hydrogen) atoms. The van der Waals surface area contributed by atoms with Crippen LogP contribution in [0.1, 0.15) is 12.1 Å². The van der Waals surface area contributed by atoms with Crippen LogP contribution in [0.25, 0.3) is 0 Å². The Kier molecular flexibility index (Phi) is 9.30. The van der Waals surface area contributed by atoms with Crippen LogP contribution in [0.5, 0.6) is 17.4 Å². The number of benzene rings is 1. The highest BCUT2D eigenvalue weighted by molar-refractivity contribution is 6.76. The van der Waals surface area contributed by atoms with Crippen molar-refractivity contribution in [2.75, 3.05) is 37.2 Å². The van der Waals surface area contributed by atoms with Crippen molar-refractivity contribution in [3.05, 3.63) is 41.2 Å². The number of halogens is 1. The maximum atomic E-state index is 12.6. The molecule has 12 heteroatoms. The first-order valence-electron chi connectivity index (χ1n) is 11.0. The van der Waals surface area contributed by atoms with Gasteiger partial charge in [-0.25, -0.2) is 9.78 Å². The molecular weight excluding hydrogens is 490 g/mol. The highest BCUT2D eigenvalue weighted by Gasteiger charge is 2.16. The van der Waals surface area contributed by atoms with Gasteiger partial charge in [-0.2, -0.15) is 10.2 Å². The monoisotopic (exact) mass is 517 g/mol. The molecule has 0 aliphatic carbocycles. The molecular formula is C23H28ClN5O5Si. The topological polar surface area (TPSA) is 128 Å². The number of urea groups is 1. The zero-order valence-corrected chi connectivity index (χ0v) is 21.6. The summed E-state index contributed by atoms with van der Waals surface area (Å²) < 4.78 is 22.7. The van der Waals surface area contributed by atoms with E-state index in [2.05, 4.69) is 40.2 Å². The largest absolute Gasteiger partial charge is 0.487 e. The summed E-state index contributed by atoms with van der Waals surface area (Å²) in [6, 6.07) is 5.48. The van der Waals surface area contributed by atoms with Crippen molar-refractivity contribution in [1.82, 2.24) is 9.97 Å². The number of nitrogens with zero attached hydrogens (tertiary/aromatic N) is 3. The SMILES string of the molecule is C[Si](C)(C)CCOCOc1cc2c(cc1Cl)NC(=O)Nc1cnc(C#N)c(n1)OCC/C=C\CO2. The molecule has 1 aliphatic heterocycles. The standard InChI is InChI=1S/C23H28ClN5O5Si/c1-35(2,3)10-9-31-15-34-19-12-20-17(11-16(19)24)27-23(30)29-21-14-26-18(13-25)22(28-21)33-8-6-4-5-7-32-20/h4-5,11-12,14H,6-10,15H2,1-3H3,(H2,27,28,29,30)/b5-4-. The van der Waals surface area contributed by atoms with Gasteiger partial charge in [0, 0.05) is 20.7 Å². The van der Waals surface area contributed by atoms with Crippen molar-refractivity contribution in [2.24, 2.45) is 0 Å². The molecule has 1 aromatic heterocycles. The van der Waals surface area contributed by atoms with E-state index in [0.29, 0.717) is 30.2 Å². The Hall–Kier alpha value is -3.33. The summed E-state index contributed by atoms with van der Waals surface area (Å²) >= 11 is 6.39. The summed E-state index contributed by atoms with van der Waals surface area (Å²) in [5.74, 6) is 0.899. The lowest BCUT2D eigenvalue weighted by molar-refractivity contribution is 0.0220. The Labute approximate surface area is 210 Å². The van der Waals surface area contributed by atoms with E-state index in [4.69, 9.17) is 30.5 Å². The molecule has 2 amide bonds. The summed E-state index contributed by atoms with van der Waals surface area (Å²) in [5, 5.41) is 14.7. The maximum absolute atomic E-state index is 12.6. The van der Waals surface area contributed by atoms with E-state index in [9.17, 15) is 10.1 Å². The number of fused-ring (bicyclic) bond motifs is 3. The molecule has 0 radical (unpaired) electrons. The number of carbonyl (C=O) groups excluding carboxylic acids is 1. The Morgan fingerprint density at radius 2 is 2.06 bits per heavy atom. The molecule has 2 bridgehead atoms. The molecule has 0 unspecified atom stereocenters. The second-order valence-electron chi connectivity index (χ2n) is 8.78. The number of amides is 2. The molecule has 2 heterocycles. The van der Waals surface area contributed by atoms with Crippen LogP contribution in [0.2, 0.25) is 30.7 Å². The number of carbonyl (C=O) groups is 1. The fraction of sp³-hybridized carbons (Fsp3) is 0.391.